The van der Waals surface area contributed by atoms with E-state index in [1.165, 1.54) is 45.2 Å². The van der Waals surface area contributed by atoms with Crippen LogP contribution in [0.3, 0.4) is 0 Å². The van der Waals surface area contributed by atoms with E-state index in [0.717, 1.165) is 12.5 Å². The third-order valence-corrected chi connectivity index (χ3v) is 5.47. The minimum Gasteiger partial charge on any atom is -0.313 e. The molecule has 0 saturated carbocycles. The maximum Gasteiger partial charge on any atom is 0.0351 e. The third-order valence-electron chi connectivity index (χ3n) is 5.47. The number of hydrogen-bond acceptors (Lipinski definition) is 2. The molecule has 0 amide bonds. The highest BCUT2D eigenvalue weighted by Gasteiger charge is 2.29. The number of benzene rings is 1. The van der Waals surface area contributed by atoms with E-state index in [9.17, 15) is 0 Å². The van der Waals surface area contributed by atoms with Crippen molar-refractivity contribution in [3.63, 3.8) is 0 Å². The molecule has 116 valence electrons. The van der Waals surface area contributed by atoms with Gasteiger partial charge in [-0.05, 0) is 55.8 Å². The van der Waals surface area contributed by atoms with Crippen molar-refractivity contribution in [3.05, 3.63) is 35.4 Å². The van der Waals surface area contributed by atoms with Gasteiger partial charge in [0.15, 0.2) is 0 Å². The fourth-order valence-corrected chi connectivity index (χ4v) is 4.20. The largest absolute Gasteiger partial charge is 0.313 e. The molecule has 1 aliphatic heterocycles. The molecule has 1 N–H and O–H groups in total. The molecular formula is C19H30N2. The van der Waals surface area contributed by atoms with Gasteiger partial charge in [0.1, 0.15) is 0 Å². The third kappa shape index (κ3) is 3.32. The number of fused-ring (bicyclic) bond motifs is 1. The molecule has 0 aromatic heterocycles. The number of likely N-dealkylation sites (N-methyl/N-ethyl adjacent to an activating group) is 1. The predicted octanol–water partition coefficient (Wildman–Crippen LogP) is 4.09. The summed E-state index contributed by atoms with van der Waals surface area (Å²) in [4.78, 5) is 2.72. The molecule has 0 radical (unpaired) electrons. The Morgan fingerprint density at radius 2 is 1.90 bits per heavy atom. The van der Waals surface area contributed by atoms with Crippen molar-refractivity contribution in [3.8, 4) is 0 Å². The number of nitrogens with one attached hydrogen (secondary N) is 1. The Morgan fingerprint density at radius 1 is 1.10 bits per heavy atom. The smallest absolute Gasteiger partial charge is 0.0351 e. The van der Waals surface area contributed by atoms with Gasteiger partial charge in [0.25, 0.3) is 0 Å². The summed E-state index contributed by atoms with van der Waals surface area (Å²) in [5.74, 6) is 0.726. The standard InChI is InChI=1S/C19H30N2/c1-3-21(14-16-8-6-7-13-20-16)19-12-11-15(2)17-9-4-5-10-18(17)19/h4-5,9-10,15-16,19-20H,3,6-8,11-14H2,1-2H3. The zero-order valence-electron chi connectivity index (χ0n) is 13.6. The molecule has 21 heavy (non-hydrogen) atoms. The van der Waals surface area contributed by atoms with Crippen LogP contribution < -0.4 is 5.32 Å². The summed E-state index contributed by atoms with van der Waals surface area (Å²) in [5, 5.41) is 3.71. The summed E-state index contributed by atoms with van der Waals surface area (Å²) in [5.41, 5.74) is 3.18. The Morgan fingerprint density at radius 3 is 2.62 bits per heavy atom. The van der Waals surface area contributed by atoms with Gasteiger partial charge < -0.3 is 5.32 Å². The van der Waals surface area contributed by atoms with Crippen LogP contribution in [0.25, 0.3) is 0 Å². The molecule has 2 heteroatoms. The molecule has 1 heterocycles. The first-order valence-electron chi connectivity index (χ1n) is 8.86. The highest BCUT2D eigenvalue weighted by atomic mass is 15.2. The molecule has 1 saturated heterocycles. The number of piperidine rings is 1. The van der Waals surface area contributed by atoms with E-state index in [1.54, 1.807) is 11.1 Å². The van der Waals surface area contributed by atoms with Gasteiger partial charge in [0.05, 0.1) is 0 Å². The maximum atomic E-state index is 3.71. The van der Waals surface area contributed by atoms with E-state index in [0.29, 0.717) is 12.1 Å². The molecule has 1 aliphatic carbocycles. The van der Waals surface area contributed by atoms with Gasteiger partial charge in [0, 0.05) is 18.6 Å². The van der Waals surface area contributed by atoms with E-state index < -0.39 is 0 Å². The van der Waals surface area contributed by atoms with Crippen LogP contribution in [0.2, 0.25) is 0 Å². The van der Waals surface area contributed by atoms with Crippen LogP contribution >= 0.6 is 0 Å². The van der Waals surface area contributed by atoms with Crippen molar-refractivity contribution in [2.24, 2.45) is 0 Å². The molecule has 1 fully saturated rings. The summed E-state index contributed by atoms with van der Waals surface area (Å²) in [6.07, 6.45) is 6.75. The lowest BCUT2D eigenvalue weighted by molar-refractivity contribution is 0.156. The Hall–Kier alpha value is -0.860. The molecule has 3 rings (SSSR count). The van der Waals surface area contributed by atoms with Crippen molar-refractivity contribution in [2.45, 2.75) is 64.0 Å². The fraction of sp³-hybridized carbons (Fsp3) is 0.684. The van der Waals surface area contributed by atoms with E-state index in [1.807, 2.05) is 0 Å². The number of rotatable bonds is 4. The lowest BCUT2D eigenvalue weighted by atomic mass is 9.80. The minimum atomic E-state index is 0.631. The minimum absolute atomic E-state index is 0.631. The molecule has 0 spiro atoms. The van der Waals surface area contributed by atoms with E-state index in [4.69, 9.17) is 0 Å². The fourth-order valence-electron chi connectivity index (χ4n) is 4.20. The first-order valence-corrected chi connectivity index (χ1v) is 8.86. The summed E-state index contributed by atoms with van der Waals surface area (Å²) in [6, 6.07) is 10.5. The molecule has 2 nitrogen and oxygen atoms in total. The molecule has 0 bridgehead atoms. The van der Waals surface area contributed by atoms with Gasteiger partial charge in [-0.15, -0.1) is 0 Å². The SMILES string of the molecule is CCN(CC1CCCCN1)C1CCC(C)c2ccccc21. The van der Waals surface area contributed by atoms with Gasteiger partial charge >= 0.3 is 0 Å². The molecule has 3 unspecified atom stereocenters. The monoisotopic (exact) mass is 286 g/mol. The van der Waals surface area contributed by atoms with E-state index in [-0.39, 0.29) is 0 Å². The van der Waals surface area contributed by atoms with E-state index >= 15 is 0 Å². The van der Waals surface area contributed by atoms with Crippen LogP contribution in [0.1, 0.15) is 69.0 Å². The second kappa shape index (κ2) is 6.93. The summed E-state index contributed by atoms with van der Waals surface area (Å²) >= 11 is 0. The molecule has 3 atom stereocenters. The van der Waals surface area contributed by atoms with Gasteiger partial charge in [-0.2, -0.15) is 0 Å². The summed E-state index contributed by atoms with van der Waals surface area (Å²) < 4.78 is 0. The van der Waals surface area contributed by atoms with Crippen LogP contribution in [0.4, 0.5) is 0 Å². The van der Waals surface area contributed by atoms with Crippen molar-refractivity contribution in [2.75, 3.05) is 19.6 Å². The molecule has 1 aromatic carbocycles. The lowest BCUT2D eigenvalue weighted by Crippen LogP contribution is -2.45. The Bertz CT molecular complexity index is 451. The van der Waals surface area contributed by atoms with Gasteiger partial charge in [0.2, 0.25) is 0 Å². The quantitative estimate of drug-likeness (QED) is 0.897. The van der Waals surface area contributed by atoms with Gasteiger partial charge in [-0.1, -0.05) is 44.5 Å². The second-order valence-electron chi connectivity index (χ2n) is 6.86. The number of nitrogens with zero attached hydrogens (tertiary/aromatic N) is 1. The molecule has 2 aliphatic rings. The van der Waals surface area contributed by atoms with E-state index in [2.05, 4.69) is 48.3 Å². The first-order chi connectivity index (χ1) is 10.3. The summed E-state index contributed by atoms with van der Waals surface area (Å²) in [7, 11) is 0. The lowest BCUT2D eigenvalue weighted by Gasteiger charge is -2.39. The molecule has 1 aromatic rings. The van der Waals surface area contributed by atoms with Crippen molar-refractivity contribution < 1.29 is 0 Å². The Kier molecular flexibility index (Phi) is 4.97. The first kappa shape index (κ1) is 15.1. The normalized spacial score (nSPS) is 29.4. The topological polar surface area (TPSA) is 15.3 Å². The van der Waals surface area contributed by atoms with Crippen LogP contribution in [-0.2, 0) is 0 Å². The Labute approximate surface area is 129 Å². The second-order valence-corrected chi connectivity index (χ2v) is 6.86. The zero-order valence-corrected chi connectivity index (χ0v) is 13.6. The van der Waals surface area contributed by atoms with Crippen molar-refractivity contribution >= 4 is 0 Å². The zero-order chi connectivity index (χ0) is 14.7. The number of hydrogen-bond donors (Lipinski definition) is 1. The predicted molar refractivity (Wildman–Crippen MR) is 89.7 cm³/mol. The van der Waals surface area contributed by atoms with Crippen molar-refractivity contribution in [1.82, 2.24) is 10.2 Å². The van der Waals surface area contributed by atoms with Crippen LogP contribution in [-0.4, -0.2) is 30.6 Å². The Balaban J connectivity index is 1.76. The average molecular weight is 286 g/mol. The van der Waals surface area contributed by atoms with Crippen LogP contribution in [0.5, 0.6) is 0 Å². The highest BCUT2D eigenvalue weighted by Crippen LogP contribution is 2.40. The van der Waals surface area contributed by atoms with Gasteiger partial charge in [-0.3, -0.25) is 4.90 Å². The molecular weight excluding hydrogens is 256 g/mol. The summed E-state index contributed by atoms with van der Waals surface area (Å²) in [6.45, 7) is 8.29. The van der Waals surface area contributed by atoms with Crippen LogP contribution in [0, 0.1) is 0 Å². The average Bonchev–Trinajstić information content (AvgIpc) is 2.55. The highest BCUT2D eigenvalue weighted by molar-refractivity contribution is 5.35. The van der Waals surface area contributed by atoms with Gasteiger partial charge in [-0.25, -0.2) is 0 Å². The maximum absolute atomic E-state index is 3.71. The van der Waals surface area contributed by atoms with Crippen molar-refractivity contribution in [1.29, 1.82) is 0 Å². The van der Waals surface area contributed by atoms with Crippen LogP contribution in [0.15, 0.2) is 24.3 Å².